The molecule has 0 fully saturated rings. The number of nitrogens with zero attached hydrogens (tertiary/aromatic N) is 1. The highest BCUT2D eigenvalue weighted by atomic mass is 35.5. The molecular formula is C19H13ClF3N3O2S. The van der Waals surface area contributed by atoms with Gasteiger partial charge in [0.05, 0.1) is 17.7 Å². The van der Waals surface area contributed by atoms with Crippen molar-refractivity contribution in [2.45, 2.75) is 12.6 Å². The Hall–Kier alpha value is -2.91. The average Bonchev–Trinajstić information content (AvgIpc) is 3.14. The van der Waals surface area contributed by atoms with E-state index in [1.807, 2.05) is 0 Å². The molecule has 150 valence electrons. The summed E-state index contributed by atoms with van der Waals surface area (Å²) in [5.41, 5.74) is 5.05. The number of benzene rings is 2. The van der Waals surface area contributed by atoms with E-state index in [-0.39, 0.29) is 12.0 Å². The number of nitrogens with one attached hydrogen (secondary N) is 2. The zero-order chi connectivity index (χ0) is 21.0. The normalized spacial score (nSPS) is 11.2. The molecule has 0 aliphatic heterocycles. The lowest BCUT2D eigenvalue weighted by molar-refractivity contribution is -0.137. The van der Waals surface area contributed by atoms with Crippen LogP contribution in [0.25, 0.3) is 10.6 Å². The molecule has 3 aromatic rings. The second-order valence-corrected chi connectivity index (χ2v) is 7.20. The largest absolute Gasteiger partial charge is 0.416 e. The summed E-state index contributed by atoms with van der Waals surface area (Å²) in [5, 5.41) is 2.51. The van der Waals surface area contributed by atoms with Gasteiger partial charge in [-0.25, -0.2) is 4.98 Å². The molecule has 0 spiro atoms. The molecule has 3 rings (SSSR count). The summed E-state index contributed by atoms with van der Waals surface area (Å²) in [4.78, 5) is 28.2. The fourth-order valence-electron chi connectivity index (χ4n) is 2.36. The predicted octanol–water partition coefficient (Wildman–Crippen LogP) is 4.49. The van der Waals surface area contributed by atoms with E-state index in [1.165, 1.54) is 29.5 Å². The second kappa shape index (κ2) is 8.62. The number of thiazole rings is 1. The highest BCUT2D eigenvalue weighted by Gasteiger charge is 2.30. The Bertz CT molecular complexity index is 1040. The van der Waals surface area contributed by atoms with Crippen LogP contribution in [0.2, 0.25) is 5.02 Å². The molecule has 1 heterocycles. The number of hydrogen-bond acceptors (Lipinski definition) is 4. The molecule has 10 heteroatoms. The number of amides is 2. The van der Waals surface area contributed by atoms with E-state index in [0.717, 1.165) is 12.1 Å². The van der Waals surface area contributed by atoms with E-state index in [2.05, 4.69) is 15.8 Å². The maximum atomic E-state index is 12.6. The molecule has 0 aliphatic rings. The van der Waals surface area contributed by atoms with Gasteiger partial charge in [0.2, 0.25) is 5.91 Å². The van der Waals surface area contributed by atoms with Crippen LogP contribution in [0.5, 0.6) is 0 Å². The molecule has 0 saturated heterocycles. The third kappa shape index (κ3) is 5.55. The van der Waals surface area contributed by atoms with Gasteiger partial charge in [-0.1, -0.05) is 29.8 Å². The zero-order valence-corrected chi connectivity index (χ0v) is 16.2. The molecule has 2 amide bonds. The molecule has 0 radical (unpaired) electrons. The Morgan fingerprint density at radius 1 is 1.07 bits per heavy atom. The van der Waals surface area contributed by atoms with Crippen molar-refractivity contribution in [1.29, 1.82) is 0 Å². The van der Waals surface area contributed by atoms with Gasteiger partial charge >= 0.3 is 6.18 Å². The van der Waals surface area contributed by atoms with Gasteiger partial charge < -0.3 is 0 Å². The Morgan fingerprint density at radius 2 is 1.79 bits per heavy atom. The van der Waals surface area contributed by atoms with E-state index in [0.29, 0.717) is 21.3 Å². The van der Waals surface area contributed by atoms with Crippen molar-refractivity contribution in [3.63, 3.8) is 0 Å². The summed E-state index contributed by atoms with van der Waals surface area (Å²) in [7, 11) is 0. The summed E-state index contributed by atoms with van der Waals surface area (Å²) >= 11 is 7.02. The molecule has 0 bridgehead atoms. The van der Waals surface area contributed by atoms with Gasteiger partial charge in [-0.2, -0.15) is 13.2 Å². The number of carbonyl (C=O) groups is 2. The fraction of sp³-hybridized carbons (Fsp3) is 0.105. The van der Waals surface area contributed by atoms with Crippen LogP contribution < -0.4 is 10.9 Å². The van der Waals surface area contributed by atoms with Crippen molar-refractivity contribution in [3.8, 4) is 10.6 Å². The molecule has 0 aliphatic carbocycles. The maximum absolute atomic E-state index is 12.6. The van der Waals surface area contributed by atoms with E-state index < -0.39 is 23.6 Å². The molecule has 29 heavy (non-hydrogen) atoms. The number of hydrogen-bond donors (Lipinski definition) is 2. The lowest BCUT2D eigenvalue weighted by Gasteiger charge is -2.07. The third-order valence-electron chi connectivity index (χ3n) is 3.75. The van der Waals surface area contributed by atoms with Crippen molar-refractivity contribution >= 4 is 34.8 Å². The minimum absolute atomic E-state index is 0.104. The van der Waals surface area contributed by atoms with Crippen molar-refractivity contribution in [1.82, 2.24) is 15.8 Å². The third-order valence-corrected chi connectivity index (χ3v) is 4.93. The smallest absolute Gasteiger partial charge is 0.273 e. The molecular weight excluding hydrogens is 427 g/mol. The first-order valence-electron chi connectivity index (χ1n) is 8.19. The van der Waals surface area contributed by atoms with Gasteiger partial charge in [0.25, 0.3) is 5.91 Å². The van der Waals surface area contributed by atoms with Gasteiger partial charge in [-0.15, -0.1) is 11.3 Å². The van der Waals surface area contributed by atoms with E-state index in [1.54, 1.807) is 23.6 Å². The van der Waals surface area contributed by atoms with E-state index in [4.69, 9.17) is 11.6 Å². The molecule has 0 unspecified atom stereocenters. The first kappa shape index (κ1) is 20.8. The van der Waals surface area contributed by atoms with Crippen molar-refractivity contribution in [3.05, 3.63) is 75.8 Å². The van der Waals surface area contributed by atoms with Crippen LogP contribution in [0.4, 0.5) is 13.2 Å². The Labute approximate surface area is 172 Å². The summed E-state index contributed by atoms with van der Waals surface area (Å²) in [5.74, 6) is -1.02. The molecule has 0 atom stereocenters. The summed E-state index contributed by atoms with van der Waals surface area (Å²) < 4.78 is 37.9. The lowest BCUT2D eigenvalue weighted by atomic mass is 10.1. The predicted molar refractivity (Wildman–Crippen MR) is 103 cm³/mol. The average molecular weight is 440 g/mol. The number of aromatic nitrogens is 1. The van der Waals surface area contributed by atoms with Gasteiger partial charge in [0.1, 0.15) is 5.01 Å². The van der Waals surface area contributed by atoms with Crippen molar-refractivity contribution in [2.24, 2.45) is 0 Å². The van der Waals surface area contributed by atoms with Crippen LogP contribution in [0.1, 0.15) is 21.6 Å². The number of alkyl halides is 3. The lowest BCUT2D eigenvalue weighted by Crippen LogP contribution is -2.42. The SMILES string of the molecule is O=C(Cc1csc(-c2ccc(C(F)(F)F)cc2)n1)NNC(=O)c1cccc(Cl)c1. The highest BCUT2D eigenvalue weighted by molar-refractivity contribution is 7.13. The monoisotopic (exact) mass is 439 g/mol. The van der Waals surface area contributed by atoms with Gasteiger partial charge in [0, 0.05) is 21.5 Å². The maximum Gasteiger partial charge on any atom is 0.416 e. The standard InChI is InChI=1S/C19H13ClF3N3O2S/c20-14-3-1-2-12(8-14)17(28)26-25-16(27)9-15-10-29-18(24-15)11-4-6-13(7-5-11)19(21,22)23/h1-8,10H,9H2,(H,25,27)(H,26,28). The van der Waals surface area contributed by atoms with Crippen LogP contribution in [0.3, 0.4) is 0 Å². The summed E-state index contributed by atoms with van der Waals surface area (Å²) in [6.45, 7) is 0. The summed E-state index contributed by atoms with van der Waals surface area (Å²) in [6, 6.07) is 10.9. The first-order valence-corrected chi connectivity index (χ1v) is 9.45. The topological polar surface area (TPSA) is 71.1 Å². The van der Waals surface area contributed by atoms with Crippen molar-refractivity contribution < 1.29 is 22.8 Å². The highest BCUT2D eigenvalue weighted by Crippen LogP contribution is 2.31. The number of halogens is 4. The molecule has 2 N–H and O–H groups in total. The second-order valence-electron chi connectivity index (χ2n) is 5.91. The number of carbonyl (C=O) groups excluding carboxylic acids is 2. The molecule has 0 saturated carbocycles. The van der Waals surface area contributed by atoms with E-state index in [9.17, 15) is 22.8 Å². The van der Waals surface area contributed by atoms with Crippen LogP contribution >= 0.6 is 22.9 Å². The Morgan fingerprint density at radius 3 is 2.45 bits per heavy atom. The van der Waals surface area contributed by atoms with Crippen LogP contribution in [-0.2, 0) is 17.4 Å². The molecule has 5 nitrogen and oxygen atoms in total. The Balaban J connectivity index is 1.57. The van der Waals surface area contributed by atoms with Gasteiger partial charge in [0.15, 0.2) is 0 Å². The minimum Gasteiger partial charge on any atom is -0.273 e. The number of rotatable bonds is 4. The number of hydrazine groups is 1. The first-order chi connectivity index (χ1) is 13.7. The quantitative estimate of drug-likeness (QED) is 0.588. The van der Waals surface area contributed by atoms with Crippen LogP contribution in [0, 0.1) is 0 Å². The molecule has 1 aromatic heterocycles. The summed E-state index contributed by atoms with van der Waals surface area (Å²) in [6.07, 6.45) is -4.51. The van der Waals surface area contributed by atoms with Crippen LogP contribution in [-0.4, -0.2) is 16.8 Å². The molecule has 2 aromatic carbocycles. The minimum atomic E-state index is -4.40. The Kier molecular flexibility index (Phi) is 6.19. The van der Waals surface area contributed by atoms with Gasteiger partial charge in [-0.05, 0) is 30.3 Å². The van der Waals surface area contributed by atoms with E-state index >= 15 is 0 Å². The van der Waals surface area contributed by atoms with Gasteiger partial charge in [-0.3, -0.25) is 20.4 Å². The van der Waals surface area contributed by atoms with Crippen LogP contribution in [0.15, 0.2) is 53.9 Å². The fourth-order valence-corrected chi connectivity index (χ4v) is 3.38. The van der Waals surface area contributed by atoms with Crippen molar-refractivity contribution in [2.75, 3.05) is 0 Å². The zero-order valence-electron chi connectivity index (χ0n) is 14.6.